The monoisotopic (exact) mass is 316 g/mol. The van der Waals surface area contributed by atoms with Gasteiger partial charge in [0.2, 0.25) is 11.6 Å². The van der Waals surface area contributed by atoms with Crippen LogP contribution in [0, 0.1) is 0 Å². The molecule has 2 aromatic heterocycles. The van der Waals surface area contributed by atoms with Crippen LogP contribution in [0.15, 0.2) is 54.9 Å². The molecule has 1 aliphatic carbocycles. The Hall–Kier alpha value is -3.34. The number of hydrogen-bond donors (Lipinski definition) is 0. The van der Waals surface area contributed by atoms with Crippen LogP contribution in [0.1, 0.15) is 32.1 Å². The van der Waals surface area contributed by atoms with Gasteiger partial charge in [-0.25, -0.2) is 0 Å². The highest BCUT2D eigenvalue weighted by Crippen LogP contribution is 2.35. The highest BCUT2D eigenvalue weighted by molar-refractivity contribution is 6.29. The van der Waals surface area contributed by atoms with Gasteiger partial charge in [0.1, 0.15) is 17.1 Å². The summed E-state index contributed by atoms with van der Waals surface area (Å²) < 4.78 is 5.22. The fourth-order valence-electron chi connectivity index (χ4n) is 2.96. The van der Waals surface area contributed by atoms with Gasteiger partial charge in [0.15, 0.2) is 0 Å². The molecule has 0 bridgehead atoms. The molecular weight excluding hydrogens is 304 g/mol. The number of fused-ring (bicyclic) bond motifs is 2. The summed E-state index contributed by atoms with van der Waals surface area (Å²) in [4.78, 5) is 34.2. The first-order valence-electron chi connectivity index (χ1n) is 7.39. The molecule has 0 amide bonds. The van der Waals surface area contributed by atoms with Gasteiger partial charge in [0, 0.05) is 12.4 Å². The summed E-state index contributed by atoms with van der Waals surface area (Å²) in [6.07, 6.45) is 3.01. The first-order chi connectivity index (χ1) is 11.7. The van der Waals surface area contributed by atoms with E-state index in [0.717, 1.165) is 5.56 Å². The van der Waals surface area contributed by atoms with Gasteiger partial charge in [0.05, 0.1) is 18.2 Å². The summed E-state index contributed by atoms with van der Waals surface area (Å²) in [7, 11) is 1.46. The third kappa shape index (κ3) is 1.95. The van der Waals surface area contributed by atoms with Gasteiger partial charge in [-0.3, -0.25) is 19.6 Å². The average molecular weight is 316 g/mol. The number of pyridine rings is 2. The molecule has 0 saturated heterocycles. The first kappa shape index (κ1) is 14.3. The Morgan fingerprint density at radius 1 is 0.792 bits per heavy atom. The zero-order valence-corrected chi connectivity index (χ0v) is 12.8. The van der Waals surface area contributed by atoms with Crippen molar-refractivity contribution in [3.05, 3.63) is 77.4 Å². The van der Waals surface area contributed by atoms with Crippen LogP contribution >= 0.6 is 0 Å². The molecule has 0 aliphatic heterocycles. The van der Waals surface area contributed by atoms with Crippen molar-refractivity contribution in [1.29, 1.82) is 0 Å². The van der Waals surface area contributed by atoms with Crippen molar-refractivity contribution in [1.82, 2.24) is 9.97 Å². The second kappa shape index (κ2) is 5.38. The zero-order chi connectivity index (χ0) is 16.7. The molecule has 1 aliphatic rings. The van der Waals surface area contributed by atoms with Crippen molar-refractivity contribution in [2.24, 2.45) is 0 Å². The number of carbonyl (C=O) groups excluding carboxylic acids is 2. The van der Waals surface area contributed by atoms with E-state index < -0.39 is 0 Å². The Bertz CT molecular complexity index is 981. The Labute approximate surface area is 138 Å². The maximum absolute atomic E-state index is 13.0. The molecule has 1 aromatic carbocycles. The predicted octanol–water partition coefficient (Wildman–Crippen LogP) is 2.93. The molecule has 0 N–H and O–H groups in total. The standard InChI is InChI=1S/C19H12N2O3/c1-24-13-8-10-21-17-15(13)19(23)16-14(18(17)22)12(7-9-20-16)11-5-3-2-4-6-11/h2-10H,1H3. The van der Waals surface area contributed by atoms with E-state index in [-0.39, 0.29) is 28.5 Å². The van der Waals surface area contributed by atoms with E-state index in [9.17, 15) is 9.59 Å². The smallest absolute Gasteiger partial charge is 0.218 e. The Kier molecular flexibility index (Phi) is 3.20. The van der Waals surface area contributed by atoms with E-state index in [2.05, 4.69) is 9.97 Å². The van der Waals surface area contributed by atoms with E-state index in [4.69, 9.17) is 4.74 Å². The average Bonchev–Trinajstić information content (AvgIpc) is 2.65. The van der Waals surface area contributed by atoms with Crippen molar-refractivity contribution in [3.8, 4) is 16.9 Å². The lowest BCUT2D eigenvalue weighted by atomic mass is 9.85. The highest BCUT2D eigenvalue weighted by atomic mass is 16.5. The summed E-state index contributed by atoms with van der Waals surface area (Å²) in [6, 6.07) is 12.7. The molecule has 0 spiro atoms. The molecule has 2 heterocycles. The second-order valence-electron chi connectivity index (χ2n) is 5.34. The van der Waals surface area contributed by atoms with Gasteiger partial charge >= 0.3 is 0 Å². The fourth-order valence-corrected chi connectivity index (χ4v) is 2.96. The van der Waals surface area contributed by atoms with Crippen molar-refractivity contribution in [2.45, 2.75) is 0 Å². The van der Waals surface area contributed by atoms with Crippen LogP contribution in [0.25, 0.3) is 11.1 Å². The minimum Gasteiger partial charge on any atom is -0.496 e. The van der Waals surface area contributed by atoms with Crippen LogP contribution in [0.4, 0.5) is 0 Å². The Morgan fingerprint density at radius 3 is 2.12 bits per heavy atom. The largest absolute Gasteiger partial charge is 0.496 e. The van der Waals surface area contributed by atoms with E-state index in [1.54, 1.807) is 18.3 Å². The van der Waals surface area contributed by atoms with Crippen LogP contribution in [0.5, 0.6) is 5.75 Å². The van der Waals surface area contributed by atoms with Crippen LogP contribution in [-0.2, 0) is 0 Å². The quantitative estimate of drug-likeness (QED) is 0.569. The molecule has 3 aromatic rings. The minimum absolute atomic E-state index is 0.108. The van der Waals surface area contributed by atoms with Crippen molar-refractivity contribution in [2.75, 3.05) is 7.11 Å². The van der Waals surface area contributed by atoms with Gasteiger partial charge in [-0.05, 0) is 23.3 Å². The van der Waals surface area contributed by atoms with E-state index >= 15 is 0 Å². The van der Waals surface area contributed by atoms with E-state index in [0.29, 0.717) is 16.9 Å². The molecule has 0 radical (unpaired) electrons. The topological polar surface area (TPSA) is 69.2 Å². The number of aromatic nitrogens is 2. The summed E-state index contributed by atoms with van der Waals surface area (Å²) in [5.74, 6) is -0.330. The minimum atomic E-state index is -0.345. The summed E-state index contributed by atoms with van der Waals surface area (Å²) in [6.45, 7) is 0. The third-order valence-corrected chi connectivity index (χ3v) is 4.05. The molecule has 4 rings (SSSR count). The number of ether oxygens (including phenoxy) is 1. The molecular formula is C19H12N2O3. The number of benzene rings is 1. The van der Waals surface area contributed by atoms with Crippen LogP contribution in [-0.4, -0.2) is 28.6 Å². The normalized spacial score (nSPS) is 12.5. The van der Waals surface area contributed by atoms with Crippen LogP contribution in [0.2, 0.25) is 0 Å². The Balaban J connectivity index is 2.01. The van der Waals surface area contributed by atoms with E-state index in [1.165, 1.54) is 13.3 Å². The fraction of sp³-hybridized carbons (Fsp3) is 0.0526. The van der Waals surface area contributed by atoms with Crippen molar-refractivity contribution >= 4 is 11.6 Å². The molecule has 0 atom stereocenters. The number of rotatable bonds is 2. The van der Waals surface area contributed by atoms with Crippen molar-refractivity contribution in [3.63, 3.8) is 0 Å². The molecule has 0 unspecified atom stereocenters. The lowest BCUT2D eigenvalue weighted by Gasteiger charge is -2.20. The zero-order valence-electron chi connectivity index (χ0n) is 12.8. The summed E-state index contributed by atoms with van der Waals surface area (Å²) >= 11 is 0. The van der Waals surface area contributed by atoms with Crippen LogP contribution < -0.4 is 4.74 Å². The van der Waals surface area contributed by atoms with Gasteiger partial charge < -0.3 is 4.74 Å². The number of methoxy groups -OCH3 is 1. The second-order valence-corrected chi connectivity index (χ2v) is 5.34. The molecule has 116 valence electrons. The summed E-state index contributed by atoms with van der Waals surface area (Å²) in [5.41, 5.74) is 2.24. The predicted molar refractivity (Wildman–Crippen MR) is 87.3 cm³/mol. The number of carbonyl (C=O) groups is 2. The van der Waals surface area contributed by atoms with Gasteiger partial charge in [-0.1, -0.05) is 30.3 Å². The summed E-state index contributed by atoms with van der Waals surface area (Å²) in [5, 5.41) is 0. The molecule has 5 nitrogen and oxygen atoms in total. The molecule has 0 saturated carbocycles. The lowest BCUT2D eigenvalue weighted by molar-refractivity contribution is 0.0969. The van der Waals surface area contributed by atoms with Gasteiger partial charge in [-0.15, -0.1) is 0 Å². The van der Waals surface area contributed by atoms with Crippen LogP contribution in [0.3, 0.4) is 0 Å². The van der Waals surface area contributed by atoms with E-state index in [1.807, 2.05) is 30.3 Å². The molecule has 5 heteroatoms. The Morgan fingerprint density at radius 2 is 1.42 bits per heavy atom. The number of nitrogens with zero attached hydrogens (tertiary/aromatic N) is 2. The SMILES string of the molecule is COc1ccnc2c1C(=O)c1nccc(-c3ccccc3)c1C2=O. The third-order valence-electron chi connectivity index (χ3n) is 4.05. The number of ketones is 2. The van der Waals surface area contributed by atoms with Gasteiger partial charge in [-0.2, -0.15) is 0 Å². The first-order valence-corrected chi connectivity index (χ1v) is 7.39. The molecule has 24 heavy (non-hydrogen) atoms. The molecule has 0 fully saturated rings. The van der Waals surface area contributed by atoms with Gasteiger partial charge in [0.25, 0.3) is 0 Å². The van der Waals surface area contributed by atoms with Crippen molar-refractivity contribution < 1.29 is 14.3 Å². The number of hydrogen-bond acceptors (Lipinski definition) is 5. The lowest BCUT2D eigenvalue weighted by Crippen LogP contribution is -2.25. The maximum atomic E-state index is 13.0. The highest BCUT2D eigenvalue weighted by Gasteiger charge is 2.36. The maximum Gasteiger partial charge on any atom is 0.218 e.